The zero-order chi connectivity index (χ0) is 18.6. The van der Waals surface area contributed by atoms with Crippen molar-refractivity contribution in [2.24, 2.45) is 0 Å². The van der Waals surface area contributed by atoms with E-state index in [9.17, 15) is 4.79 Å². The Hall–Kier alpha value is -3.80. The van der Waals surface area contributed by atoms with E-state index in [2.05, 4.69) is 20.3 Å². The van der Waals surface area contributed by atoms with Gasteiger partial charge in [0.1, 0.15) is 12.1 Å². The first-order valence-corrected chi connectivity index (χ1v) is 8.49. The van der Waals surface area contributed by atoms with E-state index in [1.807, 2.05) is 55.6 Å². The van der Waals surface area contributed by atoms with Crippen molar-refractivity contribution in [3.8, 4) is 17.1 Å². The predicted octanol–water partition coefficient (Wildman–Crippen LogP) is 3.89. The van der Waals surface area contributed by atoms with Crippen LogP contribution in [0.3, 0.4) is 0 Å². The lowest BCUT2D eigenvalue weighted by molar-refractivity contribution is 0.102. The molecule has 1 amide bonds. The van der Waals surface area contributed by atoms with E-state index >= 15 is 0 Å². The van der Waals surface area contributed by atoms with Crippen molar-refractivity contribution >= 4 is 11.6 Å². The van der Waals surface area contributed by atoms with Gasteiger partial charge in [0.25, 0.3) is 5.91 Å². The summed E-state index contributed by atoms with van der Waals surface area (Å²) in [4.78, 5) is 25.5. The van der Waals surface area contributed by atoms with Gasteiger partial charge in [-0.25, -0.2) is 9.97 Å². The monoisotopic (exact) mass is 355 g/mol. The van der Waals surface area contributed by atoms with Crippen molar-refractivity contribution in [3.63, 3.8) is 0 Å². The van der Waals surface area contributed by atoms with E-state index in [1.165, 1.54) is 0 Å². The standard InChI is InChI=1S/C21H17N5O/c1-15-18(8-9-19(24-15)16-5-3-2-4-6-16)21(27)25-17-7-10-20(23-13-17)26-12-11-22-14-26/h2-14H,1H3,(H,25,27). The molecule has 27 heavy (non-hydrogen) atoms. The minimum Gasteiger partial charge on any atom is -0.321 e. The van der Waals surface area contributed by atoms with Gasteiger partial charge in [0.15, 0.2) is 0 Å². The van der Waals surface area contributed by atoms with Crippen molar-refractivity contribution in [3.05, 3.63) is 90.8 Å². The summed E-state index contributed by atoms with van der Waals surface area (Å²) >= 11 is 0. The number of nitrogens with one attached hydrogen (secondary N) is 1. The van der Waals surface area contributed by atoms with E-state index in [-0.39, 0.29) is 5.91 Å². The third kappa shape index (κ3) is 3.59. The van der Waals surface area contributed by atoms with Crippen LogP contribution in [0.25, 0.3) is 17.1 Å². The molecular formula is C21H17N5O. The second-order valence-electron chi connectivity index (χ2n) is 6.02. The first-order valence-electron chi connectivity index (χ1n) is 8.49. The van der Waals surface area contributed by atoms with Crippen molar-refractivity contribution in [2.75, 3.05) is 5.32 Å². The molecule has 0 radical (unpaired) electrons. The number of aryl methyl sites for hydroxylation is 1. The summed E-state index contributed by atoms with van der Waals surface area (Å²) in [7, 11) is 0. The largest absolute Gasteiger partial charge is 0.321 e. The molecule has 0 saturated carbocycles. The SMILES string of the molecule is Cc1nc(-c2ccccc2)ccc1C(=O)Nc1ccc(-n2ccnc2)nc1. The molecule has 1 N–H and O–H groups in total. The van der Waals surface area contributed by atoms with Gasteiger partial charge < -0.3 is 5.32 Å². The fourth-order valence-electron chi connectivity index (χ4n) is 2.78. The number of benzene rings is 1. The molecule has 6 heteroatoms. The van der Waals surface area contributed by atoms with Crippen LogP contribution in [0.2, 0.25) is 0 Å². The van der Waals surface area contributed by atoms with Gasteiger partial charge in [-0.15, -0.1) is 0 Å². The van der Waals surface area contributed by atoms with E-state index in [1.54, 1.807) is 35.4 Å². The van der Waals surface area contributed by atoms with Gasteiger partial charge in [-0.05, 0) is 31.2 Å². The zero-order valence-corrected chi connectivity index (χ0v) is 14.7. The lowest BCUT2D eigenvalue weighted by Gasteiger charge is -2.09. The number of rotatable bonds is 4. The highest BCUT2D eigenvalue weighted by atomic mass is 16.1. The Kier molecular flexibility index (Phi) is 4.45. The van der Waals surface area contributed by atoms with E-state index in [0.717, 1.165) is 17.1 Å². The third-order valence-corrected chi connectivity index (χ3v) is 4.17. The number of imidazole rings is 1. The van der Waals surface area contributed by atoms with Gasteiger partial charge in [-0.2, -0.15) is 0 Å². The number of hydrogen-bond acceptors (Lipinski definition) is 4. The normalized spacial score (nSPS) is 10.6. The Bertz CT molecular complexity index is 1060. The van der Waals surface area contributed by atoms with Gasteiger partial charge in [0, 0.05) is 18.0 Å². The molecule has 4 aromatic rings. The highest BCUT2D eigenvalue weighted by molar-refractivity contribution is 6.05. The zero-order valence-electron chi connectivity index (χ0n) is 14.7. The number of hydrogen-bond donors (Lipinski definition) is 1. The molecule has 3 aromatic heterocycles. The molecular weight excluding hydrogens is 338 g/mol. The molecule has 0 aliphatic carbocycles. The topological polar surface area (TPSA) is 72.7 Å². The first kappa shape index (κ1) is 16.7. The molecule has 4 rings (SSSR count). The van der Waals surface area contributed by atoms with Crippen LogP contribution < -0.4 is 5.32 Å². The minimum absolute atomic E-state index is 0.211. The lowest BCUT2D eigenvalue weighted by atomic mass is 10.1. The predicted molar refractivity (Wildman–Crippen MR) is 104 cm³/mol. The van der Waals surface area contributed by atoms with Crippen LogP contribution in [0.4, 0.5) is 5.69 Å². The molecule has 0 aliphatic rings. The van der Waals surface area contributed by atoms with Crippen molar-refractivity contribution in [1.29, 1.82) is 0 Å². The Labute approximate surface area is 156 Å². The molecule has 3 heterocycles. The van der Waals surface area contributed by atoms with Crippen molar-refractivity contribution in [1.82, 2.24) is 19.5 Å². The highest BCUT2D eigenvalue weighted by Gasteiger charge is 2.12. The Morgan fingerprint density at radius 3 is 2.56 bits per heavy atom. The maximum Gasteiger partial charge on any atom is 0.257 e. The number of nitrogens with zero attached hydrogens (tertiary/aromatic N) is 4. The summed E-state index contributed by atoms with van der Waals surface area (Å²) in [5.74, 6) is 0.521. The molecule has 132 valence electrons. The molecule has 0 atom stereocenters. The van der Waals surface area contributed by atoms with Gasteiger partial charge in [0.05, 0.1) is 28.8 Å². The molecule has 0 spiro atoms. The number of aromatic nitrogens is 4. The van der Waals surface area contributed by atoms with Crippen molar-refractivity contribution < 1.29 is 4.79 Å². The molecule has 1 aromatic carbocycles. The summed E-state index contributed by atoms with van der Waals surface area (Å²) in [5, 5.41) is 2.86. The van der Waals surface area contributed by atoms with Gasteiger partial charge >= 0.3 is 0 Å². The van der Waals surface area contributed by atoms with Gasteiger partial charge in [-0.3, -0.25) is 14.3 Å². The summed E-state index contributed by atoms with van der Waals surface area (Å²) in [6, 6.07) is 17.2. The lowest BCUT2D eigenvalue weighted by Crippen LogP contribution is -2.14. The quantitative estimate of drug-likeness (QED) is 0.603. The Balaban J connectivity index is 1.51. The average Bonchev–Trinajstić information content (AvgIpc) is 3.24. The molecule has 0 fully saturated rings. The fraction of sp³-hybridized carbons (Fsp3) is 0.0476. The molecule has 0 unspecified atom stereocenters. The smallest absolute Gasteiger partial charge is 0.257 e. The number of amides is 1. The summed E-state index contributed by atoms with van der Waals surface area (Å²) in [6.07, 6.45) is 6.79. The van der Waals surface area contributed by atoms with Crippen molar-refractivity contribution in [2.45, 2.75) is 6.92 Å². The van der Waals surface area contributed by atoms with E-state index in [0.29, 0.717) is 16.9 Å². The number of pyridine rings is 2. The highest BCUT2D eigenvalue weighted by Crippen LogP contribution is 2.19. The van der Waals surface area contributed by atoms with Crippen LogP contribution in [0.15, 0.2) is 79.5 Å². The second kappa shape index (κ2) is 7.21. The van der Waals surface area contributed by atoms with Crippen LogP contribution in [0.5, 0.6) is 0 Å². The molecule has 6 nitrogen and oxygen atoms in total. The van der Waals surface area contributed by atoms with E-state index < -0.39 is 0 Å². The van der Waals surface area contributed by atoms with Crippen LogP contribution in [0.1, 0.15) is 16.1 Å². The van der Waals surface area contributed by atoms with Crippen LogP contribution >= 0.6 is 0 Å². The summed E-state index contributed by atoms with van der Waals surface area (Å²) < 4.78 is 1.79. The second-order valence-corrected chi connectivity index (χ2v) is 6.02. The third-order valence-electron chi connectivity index (χ3n) is 4.17. The number of carbonyl (C=O) groups is 1. The Morgan fingerprint density at radius 1 is 1.04 bits per heavy atom. The van der Waals surface area contributed by atoms with Crippen LogP contribution in [0, 0.1) is 6.92 Å². The van der Waals surface area contributed by atoms with Crippen LogP contribution in [-0.2, 0) is 0 Å². The van der Waals surface area contributed by atoms with Gasteiger partial charge in [-0.1, -0.05) is 30.3 Å². The number of anilines is 1. The average molecular weight is 355 g/mol. The van der Waals surface area contributed by atoms with Crippen LogP contribution in [-0.4, -0.2) is 25.4 Å². The molecule has 0 saturated heterocycles. The fourth-order valence-corrected chi connectivity index (χ4v) is 2.78. The first-order chi connectivity index (χ1) is 13.2. The minimum atomic E-state index is -0.211. The maximum absolute atomic E-state index is 12.6. The van der Waals surface area contributed by atoms with E-state index in [4.69, 9.17) is 0 Å². The maximum atomic E-state index is 12.6. The number of carbonyl (C=O) groups excluding carboxylic acids is 1. The molecule has 0 bridgehead atoms. The van der Waals surface area contributed by atoms with Gasteiger partial charge in [0.2, 0.25) is 0 Å². The molecule has 0 aliphatic heterocycles. The Morgan fingerprint density at radius 2 is 1.89 bits per heavy atom. The summed E-state index contributed by atoms with van der Waals surface area (Å²) in [6.45, 7) is 1.84. The summed E-state index contributed by atoms with van der Waals surface area (Å²) in [5.41, 5.74) is 3.70.